The molecule has 0 radical (unpaired) electrons. The third-order valence-electron chi connectivity index (χ3n) is 20.6. The zero-order chi connectivity index (χ0) is 98.8. The summed E-state index contributed by atoms with van der Waals surface area (Å²) in [5, 5.41) is 0. The van der Waals surface area contributed by atoms with Gasteiger partial charge in [-0.05, 0) is 77.4 Å². The van der Waals surface area contributed by atoms with Crippen LogP contribution in [-0.4, -0.2) is 80.3 Å². The summed E-state index contributed by atoms with van der Waals surface area (Å²) < 4.78 is 464. The molecule has 39 heteroatoms. The summed E-state index contributed by atoms with van der Waals surface area (Å²) >= 11 is 0. The fourth-order valence-corrected chi connectivity index (χ4v) is 8.15. The van der Waals surface area contributed by atoms with Crippen molar-refractivity contribution in [1.29, 1.82) is 0 Å². The van der Waals surface area contributed by atoms with Gasteiger partial charge in [-0.3, -0.25) is 0 Å². The van der Waals surface area contributed by atoms with Crippen molar-refractivity contribution in [3.8, 4) is 0 Å². The third kappa shape index (κ3) is 73.6. The molecule has 0 fully saturated rings. The molecule has 0 rings (SSSR count). The van der Waals surface area contributed by atoms with Gasteiger partial charge >= 0.3 is 80.3 Å². The van der Waals surface area contributed by atoms with Crippen molar-refractivity contribution in [1.82, 2.24) is 0 Å². The lowest BCUT2D eigenvalue weighted by atomic mass is 9.69. The number of unbranched alkanes of at least 4 members (excludes halogenated alkanes) is 1. The van der Waals surface area contributed by atoms with Crippen LogP contribution in [0.3, 0.4) is 0 Å². The molecule has 0 bridgehead atoms. The number of rotatable bonds is 22. The Hall–Kier alpha value is -2.73. The number of halogens is 39. The van der Waals surface area contributed by atoms with Crippen molar-refractivity contribution in [3.05, 3.63) is 0 Å². The number of alkyl halides is 39. The Morgan fingerprint density at radius 1 is 0.297 bits per heavy atom. The fraction of sp³-hybridized carbons (Fsp3) is 1.00. The van der Waals surface area contributed by atoms with Crippen LogP contribution in [0.15, 0.2) is 0 Å². The molecule has 0 saturated carbocycles. The first-order valence-electron chi connectivity index (χ1n) is 38.9. The quantitative estimate of drug-likeness (QED) is 0.0948. The normalized spacial score (nSPS) is 15.3. The molecule has 0 heterocycles. The first-order chi connectivity index (χ1) is 51.0. The first-order valence-corrected chi connectivity index (χ1v) is 38.9. The van der Waals surface area contributed by atoms with Crippen molar-refractivity contribution >= 4 is 0 Å². The van der Waals surface area contributed by atoms with Gasteiger partial charge in [0.05, 0.1) is 34.0 Å². The Bertz CT molecular complexity index is 2270. The van der Waals surface area contributed by atoms with Gasteiger partial charge in [-0.25, -0.2) is 0 Å². The SMILES string of the molecule is CC(C)(C)C(C)(C)C(F)(F)F.CC(C)C(C)(C)C(F)(F)F.CC(C)CC(C(F)(F)F)C(F)(F)F.CC(C)[C@@H](C)C(C)C(F)(F)F.CCC(C)(C)CC(F)(F)F.CCC(C)[C@@H](C)C(F)(F)F.CCC(CC)CC(F)(F)F.CCCC(C)(C)C(F)(F)F.CCCCC(C(F)(F)F)C(F)(F)F.CCC[C@H](C)CC(F)(F)F.CC[C@H](C)C(C)C(F)(F)F. The molecule has 0 aliphatic carbocycles. The second-order valence-corrected chi connectivity index (χ2v) is 34.3. The Kier molecular flexibility index (Phi) is 67.0. The van der Waals surface area contributed by atoms with Crippen LogP contribution < -0.4 is 0 Å². The number of hydrogen-bond donors (Lipinski definition) is 0. The average molecular weight is 1830 g/mol. The van der Waals surface area contributed by atoms with Crippen LogP contribution in [0.2, 0.25) is 0 Å². The van der Waals surface area contributed by atoms with Gasteiger partial charge in [0.25, 0.3) is 0 Å². The van der Waals surface area contributed by atoms with Crippen LogP contribution in [0, 0.1) is 104 Å². The van der Waals surface area contributed by atoms with Crippen molar-refractivity contribution in [2.24, 2.45) is 104 Å². The van der Waals surface area contributed by atoms with Crippen LogP contribution in [-0.2, 0) is 0 Å². The smallest absolute Gasteiger partial charge is 0.171 e. The summed E-state index contributed by atoms with van der Waals surface area (Å²) in [6, 6.07) is 0. The average Bonchev–Trinajstić information content (AvgIpc) is 0.796. The Balaban J connectivity index is -0.000000119. The van der Waals surface area contributed by atoms with Gasteiger partial charge in [0.1, 0.15) is 0 Å². The van der Waals surface area contributed by atoms with Crippen molar-refractivity contribution < 1.29 is 171 Å². The summed E-state index contributed by atoms with van der Waals surface area (Å²) in [5.74, 6) is -12.0. The molecule has 0 aromatic heterocycles. The molecule has 3 unspecified atom stereocenters. The molecule has 118 heavy (non-hydrogen) atoms. The Morgan fingerprint density at radius 2 is 0.610 bits per heavy atom. The van der Waals surface area contributed by atoms with Gasteiger partial charge in [0.2, 0.25) is 0 Å². The highest BCUT2D eigenvalue weighted by atomic mass is 19.5. The molecule has 730 valence electrons. The molecule has 0 nitrogen and oxygen atoms in total. The zero-order valence-corrected chi connectivity index (χ0v) is 74.6. The highest BCUT2D eigenvalue weighted by molar-refractivity contribution is 4.88. The molecule has 0 N–H and O–H groups in total. The van der Waals surface area contributed by atoms with E-state index in [1.165, 1.54) is 76.2 Å². The lowest BCUT2D eigenvalue weighted by Crippen LogP contribution is -2.43. The van der Waals surface area contributed by atoms with Gasteiger partial charge in [-0.2, -0.15) is 171 Å². The second-order valence-electron chi connectivity index (χ2n) is 34.3. The van der Waals surface area contributed by atoms with Crippen molar-refractivity contribution in [3.63, 3.8) is 0 Å². The minimum absolute atomic E-state index is 0.0658. The molecular formula is C79H141F39. The van der Waals surface area contributed by atoms with E-state index in [1.54, 1.807) is 125 Å². The lowest BCUT2D eigenvalue weighted by Gasteiger charge is -2.40. The minimum atomic E-state index is -5.19. The lowest BCUT2D eigenvalue weighted by molar-refractivity contribution is -0.288. The van der Waals surface area contributed by atoms with Crippen LogP contribution in [0.25, 0.3) is 0 Å². The van der Waals surface area contributed by atoms with Gasteiger partial charge in [-0.15, -0.1) is 0 Å². The standard InChI is InChI=1S/2C8H15F3.2C7H10F6.7C7H13F3/c1-6(2,3)7(4,5)8(9,10)11;1-5(2)6(3)7(4)8(9,10)11;1-4(2)3-5(6(8,9)10)7(11,12)13;1-2-3-4-5(6(8,9)10)7(11,12)13;1-5(2)6(3,4)7(8,9)10;1-4-6(2,3)5-7(8,9)10;1-4-5-6(2,3)7(8,9)10;2*1-4-5(2)6(3)7(8,9)10;1-3-4-6(2)5-7(8,9)10;1-3-6(4-2)5-7(8,9)10/h1-5H3;5-7H,1-4H3;4-5H,3H2,1-2H3;5H,2-4H2,1H3;5H,1-4H3;2*4-5H2,1-3H3;2*5-6H,4H2,1-3H3;2*6H,3-5H2,1-2H3/t;6-,7?;;;;;;5?,6-;5-,6?;6-;/m.1.....100./s1. The van der Waals surface area contributed by atoms with Crippen LogP contribution in [0.4, 0.5) is 171 Å². The summed E-state index contributed by atoms with van der Waals surface area (Å²) in [7, 11) is 0. The first kappa shape index (κ1) is 138. The van der Waals surface area contributed by atoms with E-state index in [9.17, 15) is 171 Å². The molecule has 0 saturated heterocycles. The van der Waals surface area contributed by atoms with E-state index >= 15 is 0 Å². The highest BCUT2D eigenvalue weighted by Crippen LogP contribution is 2.51. The molecule has 0 aliphatic heterocycles. The van der Waals surface area contributed by atoms with Gasteiger partial charge in [-0.1, -0.05) is 286 Å². The van der Waals surface area contributed by atoms with E-state index in [1.807, 2.05) is 20.8 Å². The maximum atomic E-state index is 12.3. The Morgan fingerprint density at radius 3 is 0.712 bits per heavy atom. The van der Waals surface area contributed by atoms with E-state index in [4.69, 9.17) is 0 Å². The zero-order valence-electron chi connectivity index (χ0n) is 74.6. The highest BCUT2D eigenvalue weighted by Gasteiger charge is 2.58. The Labute approximate surface area is 678 Å². The number of hydrogen-bond acceptors (Lipinski definition) is 0. The summed E-state index contributed by atoms with van der Waals surface area (Å²) in [5.41, 5.74) is -6.04. The van der Waals surface area contributed by atoms with E-state index in [-0.39, 0.29) is 54.3 Å². The molecule has 0 aromatic rings. The van der Waals surface area contributed by atoms with Gasteiger partial charge in [0, 0.05) is 19.3 Å². The maximum Gasteiger partial charge on any atom is 0.400 e. The van der Waals surface area contributed by atoms with E-state index < -0.39 is 175 Å². The predicted molar refractivity (Wildman–Crippen MR) is 392 cm³/mol. The van der Waals surface area contributed by atoms with Gasteiger partial charge in [0.15, 0.2) is 11.8 Å². The van der Waals surface area contributed by atoms with Gasteiger partial charge < -0.3 is 0 Å². The maximum absolute atomic E-state index is 12.3. The van der Waals surface area contributed by atoms with E-state index in [2.05, 4.69) is 0 Å². The minimum Gasteiger partial charge on any atom is -0.171 e. The molecular weight excluding hydrogens is 1690 g/mol. The third-order valence-corrected chi connectivity index (χ3v) is 20.6. The van der Waals surface area contributed by atoms with Crippen LogP contribution >= 0.6 is 0 Å². The summed E-state index contributed by atoms with van der Waals surface area (Å²) in [6.07, 6.45) is -55.2. The summed E-state index contributed by atoms with van der Waals surface area (Å²) in [6.45, 7) is 49.2. The predicted octanol–water partition coefficient (Wildman–Crippen LogP) is 38.0. The largest absolute Gasteiger partial charge is 0.400 e. The molecule has 0 aliphatic rings. The van der Waals surface area contributed by atoms with Crippen molar-refractivity contribution in [2.75, 3.05) is 0 Å². The fourth-order valence-electron chi connectivity index (χ4n) is 8.15. The molecule has 0 spiro atoms. The van der Waals surface area contributed by atoms with Crippen molar-refractivity contribution in [2.45, 2.75) is 405 Å². The van der Waals surface area contributed by atoms with E-state index in [0.29, 0.717) is 51.4 Å². The molecule has 0 aromatic carbocycles. The monoisotopic (exact) mass is 1830 g/mol. The summed E-state index contributed by atoms with van der Waals surface area (Å²) in [4.78, 5) is 0. The molecule has 0 amide bonds. The van der Waals surface area contributed by atoms with Crippen LogP contribution in [0.5, 0.6) is 0 Å². The topological polar surface area (TPSA) is 0 Å². The molecule has 7 atom stereocenters. The van der Waals surface area contributed by atoms with E-state index in [0.717, 1.165) is 6.42 Å². The second kappa shape index (κ2) is 57.1. The van der Waals surface area contributed by atoms with Crippen LogP contribution in [0.1, 0.15) is 324 Å².